The Labute approximate surface area is 112 Å². The number of carbonyl (C=O) groups excluding carboxylic acids is 2. The molecule has 1 rings (SSSR count). The normalized spacial score (nSPS) is 22.0. The summed E-state index contributed by atoms with van der Waals surface area (Å²) in [6, 6.07) is 0. The van der Waals surface area contributed by atoms with Gasteiger partial charge in [-0.2, -0.15) is 0 Å². The van der Waals surface area contributed by atoms with Crippen molar-refractivity contribution in [2.45, 2.75) is 32.6 Å². The Morgan fingerprint density at radius 3 is 2.47 bits per heavy atom. The average molecular weight is 271 g/mol. The summed E-state index contributed by atoms with van der Waals surface area (Å²) in [4.78, 5) is 35.8. The van der Waals surface area contributed by atoms with Crippen LogP contribution in [0.4, 0.5) is 0 Å². The lowest BCUT2D eigenvalue weighted by atomic mass is 9.95. The van der Waals surface area contributed by atoms with Crippen LogP contribution in [-0.2, 0) is 19.1 Å². The van der Waals surface area contributed by atoms with Gasteiger partial charge in [-0.05, 0) is 19.8 Å². The Morgan fingerprint density at radius 2 is 1.89 bits per heavy atom. The molecule has 0 aliphatic heterocycles. The number of hydrogen-bond acceptors (Lipinski definition) is 4. The maximum atomic E-state index is 12.1. The van der Waals surface area contributed by atoms with E-state index in [2.05, 4.69) is 0 Å². The molecule has 0 unspecified atom stereocenters. The number of nitrogens with zero attached hydrogens (tertiary/aromatic N) is 1. The van der Waals surface area contributed by atoms with Gasteiger partial charge in [0.05, 0.1) is 24.9 Å². The minimum absolute atomic E-state index is 0.139. The second kappa shape index (κ2) is 7.11. The Morgan fingerprint density at radius 1 is 1.26 bits per heavy atom. The molecule has 0 saturated heterocycles. The van der Waals surface area contributed by atoms with Crippen molar-refractivity contribution in [3.05, 3.63) is 0 Å². The lowest BCUT2D eigenvalue weighted by Crippen LogP contribution is -2.37. The number of carboxylic acids is 1. The van der Waals surface area contributed by atoms with Gasteiger partial charge >= 0.3 is 11.9 Å². The zero-order valence-corrected chi connectivity index (χ0v) is 11.4. The van der Waals surface area contributed by atoms with Crippen LogP contribution in [0.5, 0.6) is 0 Å². The molecule has 1 fully saturated rings. The summed E-state index contributed by atoms with van der Waals surface area (Å²) in [6.45, 7) is 2.31. The molecule has 0 spiro atoms. The van der Waals surface area contributed by atoms with E-state index >= 15 is 0 Å². The van der Waals surface area contributed by atoms with Gasteiger partial charge in [-0.1, -0.05) is 6.42 Å². The molecule has 1 aliphatic rings. The van der Waals surface area contributed by atoms with Crippen LogP contribution in [0, 0.1) is 11.8 Å². The molecule has 1 amide bonds. The zero-order valence-electron chi connectivity index (χ0n) is 11.4. The second-order valence-electron chi connectivity index (χ2n) is 4.80. The van der Waals surface area contributed by atoms with Crippen molar-refractivity contribution < 1.29 is 24.2 Å². The lowest BCUT2D eigenvalue weighted by Gasteiger charge is -2.23. The van der Waals surface area contributed by atoms with E-state index < -0.39 is 17.8 Å². The highest BCUT2D eigenvalue weighted by atomic mass is 16.5. The first-order valence-corrected chi connectivity index (χ1v) is 6.60. The molecule has 2 atom stereocenters. The maximum Gasteiger partial charge on any atom is 0.307 e. The largest absolute Gasteiger partial charge is 0.481 e. The molecule has 1 N–H and O–H groups in total. The zero-order chi connectivity index (χ0) is 14.4. The fraction of sp³-hybridized carbons (Fsp3) is 0.769. The molecule has 0 aromatic carbocycles. The third-order valence-corrected chi connectivity index (χ3v) is 3.48. The van der Waals surface area contributed by atoms with Crippen LogP contribution < -0.4 is 0 Å². The van der Waals surface area contributed by atoms with Gasteiger partial charge in [0.1, 0.15) is 0 Å². The number of carbonyl (C=O) groups is 3. The summed E-state index contributed by atoms with van der Waals surface area (Å²) in [7, 11) is 1.60. The first kappa shape index (κ1) is 15.5. The molecule has 0 heterocycles. The van der Waals surface area contributed by atoms with E-state index in [1.807, 2.05) is 0 Å². The van der Waals surface area contributed by atoms with Crippen LogP contribution in [0.2, 0.25) is 0 Å². The Bertz CT molecular complexity index is 355. The lowest BCUT2D eigenvalue weighted by molar-refractivity contribution is -0.149. The van der Waals surface area contributed by atoms with Crippen molar-refractivity contribution >= 4 is 17.8 Å². The van der Waals surface area contributed by atoms with Crippen LogP contribution in [0.3, 0.4) is 0 Å². The van der Waals surface area contributed by atoms with Crippen molar-refractivity contribution in [2.24, 2.45) is 11.8 Å². The smallest absolute Gasteiger partial charge is 0.307 e. The number of hydrogen-bond donors (Lipinski definition) is 1. The molecular weight excluding hydrogens is 250 g/mol. The molecule has 0 radical (unpaired) electrons. The summed E-state index contributed by atoms with van der Waals surface area (Å²) in [5.74, 6) is -2.48. The highest BCUT2D eigenvalue weighted by Crippen LogP contribution is 2.33. The van der Waals surface area contributed by atoms with E-state index in [-0.39, 0.29) is 24.8 Å². The van der Waals surface area contributed by atoms with Gasteiger partial charge in [-0.15, -0.1) is 0 Å². The number of rotatable bonds is 6. The third-order valence-electron chi connectivity index (χ3n) is 3.48. The topological polar surface area (TPSA) is 83.9 Å². The van der Waals surface area contributed by atoms with Gasteiger partial charge in [-0.25, -0.2) is 0 Å². The van der Waals surface area contributed by atoms with Gasteiger partial charge in [0, 0.05) is 13.6 Å². The summed E-state index contributed by atoms with van der Waals surface area (Å²) >= 11 is 0. The van der Waals surface area contributed by atoms with Crippen molar-refractivity contribution in [3.8, 4) is 0 Å². The van der Waals surface area contributed by atoms with E-state index in [0.29, 0.717) is 19.4 Å². The van der Waals surface area contributed by atoms with E-state index in [1.54, 1.807) is 14.0 Å². The van der Waals surface area contributed by atoms with Gasteiger partial charge in [0.2, 0.25) is 5.91 Å². The van der Waals surface area contributed by atoms with Crippen LogP contribution in [0.15, 0.2) is 0 Å². The molecular formula is C13H21NO5. The number of esters is 1. The molecule has 0 aromatic heterocycles. The fourth-order valence-corrected chi connectivity index (χ4v) is 2.44. The predicted octanol–water partition coefficient (Wildman–Crippen LogP) is 0.899. The van der Waals surface area contributed by atoms with Crippen molar-refractivity contribution in [1.82, 2.24) is 4.90 Å². The van der Waals surface area contributed by atoms with Gasteiger partial charge < -0.3 is 14.7 Å². The van der Waals surface area contributed by atoms with Gasteiger partial charge in [-0.3, -0.25) is 14.4 Å². The van der Waals surface area contributed by atoms with Gasteiger partial charge in [0.15, 0.2) is 0 Å². The van der Waals surface area contributed by atoms with Crippen molar-refractivity contribution in [2.75, 3.05) is 20.2 Å². The summed E-state index contributed by atoms with van der Waals surface area (Å²) < 4.78 is 4.79. The van der Waals surface area contributed by atoms with E-state index in [1.165, 1.54) is 4.90 Å². The minimum atomic E-state index is -0.908. The Hall–Kier alpha value is -1.59. The molecule has 1 aliphatic carbocycles. The van der Waals surface area contributed by atoms with Crippen LogP contribution in [0.25, 0.3) is 0 Å². The fourth-order valence-electron chi connectivity index (χ4n) is 2.44. The highest BCUT2D eigenvalue weighted by Gasteiger charge is 2.38. The van der Waals surface area contributed by atoms with E-state index in [4.69, 9.17) is 9.84 Å². The first-order chi connectivity index (χ1) is 8.97. The standard InChI is InChI=1S/C13H21NO5/c1-3-19-11(15)7-8-14(2)12(16)9-5-4-6-10(9)13(17)18/h9-10H,3-8H2,1-2H3,(H,17,18)/t9-,10+/m1/s1. The number of carboxylic acid groups (broad SMARTS) is 1. The Kier molecular flexibility index (Phi) is 5.79. The number of amides is 1. The predicted molar refractivity (Wildman–Crippen MR) is 67.4 cm³/mol. The summed E-state index contributed by atoms with van der Waals surface area (Å²) in [5, 5.41) is 9.06. The van der Waals surface area contributed by atoms with E-state index in [0.717, 1.165) is 6.42 Å². The first-order valence-electron chi connectivity index (χ1n) is 6.60. The second-order valence-corrected chi connectivity index (χ2v) is 4.80. The summed E-state index contributed by atoms with van der Waals surface area (Å²) in [6.07, 6.45) is 2.07. The molecule has 6 nitrogen and oxygen atoms in total. The van der Waals surface area contributed by atoms with E-state index in [9.17, 15) is 14.4 Å². The van der Waals surface area contributed by atoms with Crippen LogP contribution in [0.1, 0.15) is 32.6 Å². The number of ether oxygens (including phenoxy) is 1. The maximum absolute atomic E-state index is 12.1. The average Bonchev–Trinajstić information content (AvgIpc) is 2.84. The highest BCUT2D eigenvalue weighted by molar-refractivity contribution is 5.85. The summed E-state index contributed by atoms with van der Waals surface area (Å²) in [5.41, 5.74) is 0. The monoisotopic (exact) mass is 271 g/mol. The SMILES string of the molecule is CCOC(=O)CCN(C)C(=O)[C@@H]1CCC[C@@H]1C(=O)O. The molecule has 19 heavy (non-hydrogen) atoms. The van der Waals surface area contributed by atoms with Crippen molar-refractivity contribution in [3.63, 3.8) is 0 Å². The Balaban J connectivity index is 2.47. The molecule has 0 bridgehead atoms. The number of aliphatic carboxylic acids is 1. The molecule has 108 valence electrons. The molecule has 1 saturated carbocycles. The quantitative estimate of drug-likeness (QED) is 0.726. The van der Waals surface area contributed by atoms with Crippen molar-refractivity contribution in [1.29, 1.82) is 0 Å². The van der Waals surface area contributed by atoms with Gasteiger partial charge in [0.25, 0.3) is 0 Å². The molecule has 6 heteroatoms. The third kappa shape index (κ3) is 4.22. The molecule has 0 aromatic rings. The van der Waals surface area contributed by atoms with Crippen LogP contribution >= 0.6 is 0 Å². The van der Waals surface area contributed by atoms with Crippen LogP contribution in [-0.4, -0.2) is 48.1 Å². The minimum Gasteiger partial charge on any atom is -0.481 e.